The van der Waals surface area contributed by atoms with E-state index in [4.69, 9.17) is 14.2 Å². The van der Waals surface area contributed by atoms with Crippen LogP contribution in [0.3, 0.4) is 0 Å². The molecule has 0 atom stereocenters. The lowest BCUT2D eigenvalue weighted by Gasteiger charge is -2.22. The summed E-state index contributed by atoms with van der Waals surface area (Å²) < 4.78 is 16.0. The summed E-state index contributed by atoms with van der Waals surface area (Å²) in [7, 11) is 5.24. The molecular formula is C20H34N4O3. The molecule has 0 saturated heterocycles. The number of nitrogens with one attached hydrogen (secondary N) is 2. The number of hydrogen-bond acceptors (Lipinski definition) is 5. The van der Waals surface area contributed by atoms with Gasteiger partial charge in [-0.3, -0.25) is 9.89 Å². The minimum absolute atomic E-state index is 0.642. The molecule has 2 N–H and O–H groups in total. The molecule has 0 heterocycles. The maximum atomic E-state index is 5.75. The predicted molar refractivity (Wildman–Crippen MR) is 110 cm³/mol. The van der Waals surface area contributed by atoms with Crippen molar-refractivity contribution in [3.63, 3.8) is 0 Å². The van der Waals surface area contributed by atoms with E-state index in [0.29, 0.717) is 13.2 Å². The van der Waals surface area contributed by atoms with Crippen LogP contribution in [0, 0.1) is 0 Å². The molecule has 1 fully saturated rings. The molecule has 1 saturated carbocycles. The van der Waals surface area contributed by atoms with Gasteiger partial charge in [0.05, 0.1) is 13.2 Å². The Labute approximate surface area is 163 Å². The highest BCUT2D eigenvalue weighted by Gasteiger charge is 2.28. The van der Waals surface area contributed by atoms with Gasteiger partial charge in [-0.2, -0.15) is 0 Å². The second kappa shape index (κ2) is 12.5. The fourth-order valence-corrected chi connectivity index (χ4v) is 2.82. The lowest BCUT2D eigenvalue weighted by atomic mass is 10.3. The van der Waals surface area contributed by atoms with Crippen LogP contribution in [-0.4, -0.2) is 77.6 Å². The first kappa shape index (κ1) is 21.5. The van der Waals surface area contributed by atoms with E-state index in [9.17, 15) is 0 Å². The smallest absolute Gasteiger partial charge is 0.195 e. The van der Waals surface area contributed by atoms with E-state index in [0.717, 1.165) is 56.1 Å². The minimum Gasteiger partial charge on any atom is -0.493 e. The first-order valence-corrected chi connectivity index (χ1v) is 9.69. The van der Waals surface area contributed by atoms with Gasteiger partial charge in [-0.25, -0.2) is 0 Å². The van der Waals surface area contributed by atoms with Gasteiger partial charge in [0.1, 0.15) is 5.75 Å². The Morgan fingerprint density at radius 2 is 1.96 bits per heavy atom. The van der Waals surface area contributed by atoms with Crippen LogP contribution in [-0.2, 0) is 9.47 Å². The van der Waals surface area contributed by atoms with Gasteiger partial charge in [0.25, 0.3) is 0 Å². The second-order valence-electron chi connectivity index (χ2n) is 6.61. The SMILES string of the molecule is CN=C(NCCN(CCOC)C1CC1)Nc1cccc(OCCCOC)c1. The van der Waals surface area contributed by atoms with Crippen molar-refractivity contribution in [3.8, 4) is 5.75 Å². The summed E-state index contributed by atoms with van der Waals surface area (Å²) in [6.45, 7) is 4.93. The Bertz CT molecular complexity index is 564. The molecule has 0 unspecified atom stereocenters. The average Bonchev–Trinajstić information content (AvgIpc) is 3.52. The molecule has 152 valence electrons. The van der Waals surface area contributed by atoms with Crippen LogP contribution in [0.15, 0.2) is 29.3 Å². The van der Waals surface area contributed by atoms with Crippen LogP contribution in [0.4, 0.5) is 5.69 Å². The molecule has 2 rings (SSSR count). The molecule has 0 radical (unpaired) electrons. The van der Waals surface area contributed by atoms with Gasteiger partial charge >= 0.3 is 0 Å². The fraction of sp³-hybridized carbons (Fsp3) is 0.650. The van der Waals surface area contributed by atoms with Gasteiger partial charge in [-0.15, -0.1) is 0 Å². The standard InChI is InChI=1S/C20H34N4O3/c1-21-20(22-10-11-24(12-15-26-3)18-8-9-18)23-17-6-4-7-19(16-17)27-14-5-13-25-2/h4,6-7,16,18H,5,8-15H2,1-3H3,(H2,21,22,23). The second-order valence-corrected chi connectivity index (χ2v) is 6.61. The summed E-state index contributed by atoms with van der Waals surface area (Å²) in [6, 6.07) is 8.64. The fourth-order valence-electron chi connectivity index (χ4n) is 2.82. The molecule has 7 heteroatoms. The minimum atomic E-state index is 0.642. The number of methoxy groups -OCH3 is 2. The number of rotatable bonds is 13. The van der Waals surface area contributed by atoms with Crippen molar-refractivity contribution < 1.29 is 14.2 Å². The van der Waals surface area contributed by atoms with Crippen molar-refractivity contribution in [3.05, 3.63) is 24.3 Å². The van der Waals surface area contributed by atoms with Gasteiger partial charge in [0, 0.05) is 71.7 Å². The molecule has 1 aliphatic carbocycles. The Morgan fingerprint density at radius 1 is 1.15 bits per heavy atom. The van der Waals surface area contributed by atoms with E-state index >= 15 is 0 Å². The highest BCUT2D eigenvalue weighted by Crippen LogP contribution is 2.26. The highest BCUT2D eigenvalue weighted by molar-refractivity contribution is 5.93. The zero-order valence-corrected chi connectivity index (χ0v) is 16.9. The zero-order valence-electron chi connectivity index (χ0n) is 16.9. The number of hydrogen-bond donors (Lipinski definition) is 2. The molecule has 27 heavy (non-hydrogen) atoms. The van der Waals surface area contributed by atoms with E-state index in [2.05, 4.69) is 20.5 Å². The summed E-state index contributed by atoms with van der Waals surface area (Å²) >= 11 is 0. The number of ether oxygens (including phenoxy) is 3. The lowest BCUT2D eigenvalue weighted by molar-refractivity contribution is 0.145. The quantitative estimate of drug-likeness (QED) is 0.312. The van der Waals surface area contributed by atoms with E-state index in [-0.39, 0.29) is 0 Å². The number of anilines is 1. The summed E-state index contributed by atoms with van der Waals surface area (Å²) in [5.41, 5.74) is 0.950. The molecule has 0 aliphatic heterocycles. The molecule has 1 aromatic carbocycles. The molecule has 1 aliphatic rings. The molecule has 7 nitrogen and oxygen atoms in total. The maximum absolute atomic E-state index is 5.75. The largest absolute Gasteiger partial charge is 0.493 e. The lowest BCUT2D eigenvalue weighted by Crippen LogP contribution is -2.40. The molecule has 0 spiro atoms. The van der Waals surface area contributed by atoms with Crippen LogP contribution in [0.2, 0.25) is 0 Å². The average molecular weight is 379 g/mol. The van der Waals surface area contributed by atoms with Crippen molar-refractivity contribution in [2.24, 2.45) is 4.99 Å². The molecule has 0 bridgehead atoms. The zero-order chi connectivity index (χ0) is 19.3. The summed E-state index contributed by atoms with van der Waals surface area (Å²) in [4.78, 5) is 6.80. The first-order chi connectivity index (χ1) is 13.3. The third kappa shape index (κ3) is 8.60. The van der Waals surface area contributed by atoms with Crippen LogP contribution in [0.5, 0.6) is 5.75 Å². The van der Waals surface area contributed by atoms with Crippen LogP contribution >= 0.6 is 0 Å². The third-order valence-corrected chi connectivity index (χ3v) is 4.42. The Hall–Kier alpha value is -1.83. The summed E-state index contributed by atoms with van der Waals surface area (Å²) in [5.74, 6) is 1.60. The molecule has 0 amide bonds. The summed E-state index contributed by atoms with van der Waals surface area (Å²) in [5, 5.41) is 6.71. The topological polar surface area (TPSA) is 67.4 Å². The van der Waals surface area contributed by atoms with Crippen molar-refractivity contribution in [2.75, 3.05) is 66.0 Å². The predicted octanol–water partition coefficient (Wildman–Crippen LogP) is 2.20. The number of guanidine groups is 1. The molecular weight excluding hydrogens is 344 g/mol. The number of nitrogens with zero attached hydrogens (tertiary/aromatic N) is 2. The van der Waals surface area contributed by atoms with Gasteiger partial charge < -0.3 is 24.8 Å². The van der Waals surface area contributed by atoms with Crippen molar-refractivity contribution in [1.82, 2.24) is 10.2 Å². The van der Waals surface area contributed by atoms with E-state index in [1.165, 1.54) is 12.8 Å². The van der Waals surface area contributed by atoms with Crippen LogP contribution in [0.1, 0.15) is 19.3 Å². The Morgan fingerprint density at radius 3 is 2.67 bits per heavy atom. The van der Waals surface area contributed by atoms with Crippen molar-refractivity contribution in [1.29, 1.82) is 0 Å². The van der Waals surface area contributed by atoms with Crippen molar-refractivity contribution in [2.45, 2.75) is 25.3 Å². The van der Waals surface area contributed by atoms with E-state index in [1.807, 2.05) is 24.3 Å². The third-order valence-electron chi connectivity index (χ3n) is 4.42. The molecule has 1 aromatic rings. The summed E-state index contributed by atoms with van der Waals surface area (Å²) in [6.07, 6.45) is 3.47. The Kier molecular flexibility index (Phi) is 9.97. The first-order valence-electron chi connectivity index (χ1n) is 9.69. The normalized spacial score (nSPS) is 14.4. The van der Waals surface area contributed by atoms with Gasteiger partial charge in [0.2, 0.25) is 0 Å². The maximum Gasteiger partial charge on any atom is 0.195 e. The number of benzene rings is 1. The van der Waals surface area contributed by atoms with Gasteiger partial charge in [0.15, 0.2) is 5.96 Å². The van der Waals surface area contributed by atoms with Crippen LogP contribution in [0.25, 0.3) is 0 Å². The number of aliphatic imine (C=N–C) groups is 1. The van der Waals surface area contributed by atoms with Gasteiger partial charge in [-0.05, 0) is 25.0 Å². The monoisotopic (exact) mass is 378 g/mol. The van der Waals surface area contributed by atoms with Gasteiger partial charge in [-0.1, -0.05) is 6.07 Å². The molecule has 0 aromatic heterocycles. The van der Waals surface area contributed by atoms with Crippen molar-refractivity contribution >= 4 is 11.6 Å². The highest BCUT2D eigenvalue weighted by atomic mass is 16.5. The van der Waals surface area contributed by atoms with E-state index in [1.54, 1.807) is 21.3 Å². The van der Waals surface area contributed by atoms with Crippen LogP contribution < -0.4 is 15.4 Å². The van der Waals surface area contributed by atoms with E-state index < -0.39 is 0 Å². The Balaban J connectivity index is 1.75.